The van der Waals surface area contributed by atoms with Gasteiger partial charge in [0.25, 0.3) is 5.82 Å². The Balaban J connectivity index is 1.59. The zero-order valence-electron chi connectivity index (χ0n) is 15.2. The molecule has 3 rings (SSSR count). The maximum atomic E-state index is 12.7. The lowest BCUT2D eigenvalue weighted by molar-refractivity contribution is -0.146. The molecular weight excluding hydrogens is 393 g/mol. The van der Waals surface area contributed by atoms with Gasteiger partial charge in [0.1, 0.15) is 0 Å². The fourth-order valence-corrected chi connectivity index (χ4v) is 3.68. The number of hydrogen-bond acceptors (Lipinski definition) is 6. The maximum absolute atomic E-state index is 12.7. The fraction of sp³-hybridized carbons (Fsp3) is 0.471. The molecule has 11 heteroatoms. The van der Waals surface area contributed by atoms with Crippen molar-refractivity contribution in [2.45, 2.75) is 42.8 Å². The minimum Gasteiger partial charge on any atom is -0.372 e. The van der Waals surface area contributed by atoms with Crippen LogP contribution in [0.25, 0.3) is 0 Å². The van der Waals surface area contributed by atoms with E-state index in [9.17, 15) is 18.0 Å². The van der Waals surface area contributed by atoms with Crippen molar-refractivity contribution in [2.24, 2.45) is 0 Å². The minimum atomic E-state index is -4.71. The monoisotopic (exact) mass is 414 g/mol. The second-order valence-corrected chi connectivity index (χ2v) is 7.83. The van der Waals surface area contributed by atoms with Gasteiger partial charge >= 0.3 is 6.18 Å². The van der Waals surface area contributed by atoms with Crippen LogP contribution in [0.3, 0.4) is 0 Å². The molecule has 1 aromatic heterocycles. The van der Waals surface area contributed by atoms with E-state index in [1.165, 1.54) is 19.3 Å². The van der Waals surface area contributed by atoms with E-state index in [4.69, 9.17) is 5.84 Å². The number of amides is 1. The number of hydrogen-bond donors (Lipinski definition) is 2. The first-order chi connectivity index (χ1) is 13.3. The van der Waals surface area contributed by atoms with Gasteiger partial charge in [0, 0.05) is 24.5 Å². The minimum absolute atomic E-state index is 0.185. The number of thioether (sulfide) groups is 1. The molecule has 0 bridgehead atoms. The molecule has 28 heavy (non-hydrogen) atoms. The SMILES string of the molecule is C[C@@H](Sc1nnc(C(F)(F)F)n1N)C(=O)Nc1ccc(N2CCCCC2)cc1. The van der Waals surface area contributed by atoms with Gasteiger partial charge in [-0.3, -0.25) is 4.79 Å². The summed E-state index contributed by atoms with van der Waals surface area (Å²) < 4.78 is 38.5. The van der Waals surface area contributed by atoms with E-state index >= 15 is 0 Å². The number of benzene rings is 1. The molecule has 0 spiro atoms. The highest BCUT2D eigenvalue weighted by molar-refractivity contribution is 8.00. The molecule has 152 valence electrons. The van der Waals surface area contributed by atoms with Crippen LogP contribution >= 0.6 is 11.8 Å². The Morgan fingerprint density at radius 1 is 1.18 bits per heavy atom. The average Bonchev–Trinajstić information content (AvgIpc) is 3.03. The zero-order valence-corrected chi connectivity index (χ0v) is 16.1. The number of nitrogens with one attached hydrogen (secondary N) is 1. The van der Waals surface area contributed by atoms with Crippen LogP contribution in [-0.2, 0) is 11.0 Å². The van der Waals surface area contributed by atoms with E-state index < -0.39 is 17.3 Å². The summed E-state index contributed by atoms with van der Waals surface area (Å²) in [5.74, 6) is 3.71. The average molecular weight is 414 g/mol. The molecule has 0 saturated carbocycles. The number of halogens is 3. The van der Waals surface area contributed by atoms with Crippen molar-refractivity contribution in [1.29, 1.82) is 0 Å². The lowest BCUT2D eigenvalue weighted by atomic mass is 10.1. The predicted octanol–water partition coefficient (Wildman–Crippen LogP) is 3.12. The number of carbonyl (C=O) groups excluding carboxylic acids is 1. The Labute approximate surface area is 164 Å². The summed E-state index contributed by atoms with van der Waals surface area (Å²) in [6.45, 7) is 3.61. The van der Waals surface area contributed by atoms with Gasteiger partial charge in [0.2, 0.25) is 11.1 Å². The number of nitrogens with zero attached hydrogens (tertiary/aromatic N) is 4. The highest BCUT2D eigenvalue weighted by Crippen LogP contribution is 2.30. The largest absolute Gasteiger partial charge is 0.453 e. The van der Waals surface area contributed by atoms with E-state index in [1.807, 2.05) is 24.3 Å². The van der Waals surface area contributed by atoms with Gasteiger partial charge in [-0.2, -0.15) is 13.2 Å². The summed E-state index contributed by atoms with van der Waals surface area (Å²) in [6.07, 6.45) is -1.10. The lowest BCUT2D eigenvalue weighted by Gasteiger charge is -2.28. The van der Waals surface area contributed by atoms with Crippen LogP contribution in [0, 0.1) is 0 Å². The van der Waals surface area contributed by atoms with Crippen LogP contribution in [0.4, 0.5) is 24.5 Å². The molecule has 1 atom stereocenters. The summed E-state index contributed by atoms with van der Waals surface area (Å²) in [5, 5.41) is 8.32. The first-order valence-electron chi connectivity index (χ1n) is 8.86. The Morgan fingerprint density at radius 2 is 1.82 bits per heavy atom. The van der Waals surface area contributed by atoms with Gasteiger partial charge in [-0.25, -0.2) is 4.68 Å². The highest BCUT2D eigenvalue weighted by Gasteiger charge is 2.38. The summed E-state index contributed by atoms with van der Waals surface area (Å²) in [4.78, 5) is 14.7. The van der Waals surface area contributed by atoms with Gasteiger partial charge in [0.05, 0.1) is 5.25 Å². The topological polar surface area (TPSA) is 89.1 Å². The molecule has 2 aromatic rings. The van der Waals surface area contributed by atoms with Crippen molar-refractivity contribution in [3.8, 4) is 0 Å². The molecule has 1 aliphatic rings. The van der Waals surface area contributed by atoms with Gasteiger partial charge in [-0.1, -0.05) is 11.8 Å². The van der Waals surface area contributed by atoms with Crippen molar-refractivity contribution < 1.29 is 18.0 Å². The summed E-state index contributed by atoms with van der Waals surface area (Å²) in [6, 6.07) is 7.52. The van der Waals surface area contributed by atoms with Crippen LogP contribution in [0.5, 0.6) is 0 Å². The third-order valence-corrected chi connectivity index (χ3v) is 5.48. The molecule has 1 fully saturated rings. The predicted molar refractivity (Wildman–Crippen MR) is 102 cm³/mol. The van der Waals surface area contributed by atoms with E-state index in [-0.39, 0.29) is 11.1 Å². The molecule has 3 N–H and O–H groups in total. The van der Waals surface area contributed by atoms with E-state index in [0.29, 0.717) is 10.4 Å². The smallest absolute Gasteiger partial charge is 0.372 e. The molecule has 1 aromatic carbocycles. The molecule has 1 amide bonds. The van der Waals surface area contributed by atoms with Gasteiger partial charge in [-0.05, 0) is 50.5 Å². The number of rotatable bonds is 5. The normalized spacial score (nSPS) is 16.1. The molecule has 0 unspecified atom stereocenters. The number of piperidine rings is 1. The van der Waals surface area contributed by atoms with E-state index in [0.717, 1.165) is 30.5 Å². The number of nitrogen functional groups attached to an aromatic ring is 1. The molecular formula is C17H21F3N6OS. The second-order valence-electron chi connectivity index (χ2n) is 6.52. The molecule has 7 nitrogen and oxygen atoms in total. The van der Waals surface area contributed by atoms with Crippen LogP contribution < -0.4 is 16.1 Å². The third-order valence-electron chi connectivity index (χ3n) is 4.43. The van der Waals surface area contributed by atoms with Crippen molar-refractivity contribution >= 4 is 29.0 Å². The number of anilines is 2. The fourth-order valence-electron chi connectivity index (χ4n) is 2.91. The second kappa shape index (κ2) is 8.29. The van der Waals surface area contributed by atoms with Crippen LogP contribution in [0.15, 0.2) is 29.4 Å². The summed E-state index contributed by atoms with van der Waals surface area (Å²) >= 11 is 0.804. The van der Waals surface area contributed by atoms with E-state index in [2.05, 4.69) is 20.4 Å². The van der Waals surface area contributed by atoms with Gasteiger partial charge < -0.3 is 16.1 Å². The first-order valence-corrected chi connectivity index (χ1v) is 9.74. The van der Waals surface area contributed by atoms with E-state index in [1.54, 1.807) is 6.92 Å². The number of nitrogens with two attached hydrogens (primary N) is 1. The van der Waals surface area contributed by atoms with Gasteiger partial charge in [0.15, 0.2) is 0 Å². The summed E-state index contributed by atoms with van der Waals surface area (Å²) in [5.41, 5.74) is 1.72. The summed E-state index contributed by atoms with van der Waals surface area (Å²) in [7, 11) is 0. The van der Waals surface area contributed by atoms with Crippen LogP contribution in [-0.4, -0.2) is 39.1 Å². The maximum Gasteiger partial charge on any atom is 0.453 e. The Kier molecular flexibility index (Phi) is 6.01. The molecule has 0 radical (unpaired) electrons. The van der Waals surface area contributed by atoms with Crippen molar-refractivity contribution in [3.05, 3.63) is 30.1 Å². The zero-order chi connectivity index (χ0) is 20.3. The van der Waals surface area contributed by atoms with Crippen LogP contribution in [0.1, 0.15) is 32.0 Å². The molecule has 0 aliphatic carbocycles. The Hall–Kier alpha value is -2.43. The lowest BCUT2D eigenvalue weighted by Crippen LogP contribution is -2.29. The number of carbonyl (C=O) groups is 1. The Bertz CT molecular complexity index is 817. The highest BCUT2D eigenvalue weighted by atomic mass is 32.2. The van der Waals surface area contributed by atoms with Crippen molar-refractivity contribution in [3.63, 3.8) is 0 Å². The Morgan fingerprint density at radius 3 is 2.39 bits per heavy atom. The third kappa shape index (κ3) is 4.70. The molecule has 2 heterocycles. The molecule has 1 aliphatic heterocycles. The van der Waals surface area contributed by atoms with Crippen LogP contribution in [0.2, 0.25) is 0 Å². The number of alkyl halides is 3. The van der Waals surface area contributed by atoms with Crippen molar-refractivity contribution in [2.75, 3.05) is 29.1 Å². The number of aromatic nitrogens is 3. The van der Waals surface area contributed by atoms with Gasteiger partial charge in [-0.15, -0.1) is 10.2 Å². The standard InChI is InChI=1S/C17H21F3N6OS/c1-11(28-16-24-23-15(26(16)21)17(18,19)20)14(27)22-12-5-7-13(8-6-12)25-9-3-2-4-10-25/h5-8,11H,2-4,9-10,21H2,1H3,(H,22,27)/t11-/m1/s1. The quantitative estimate of drug-likeness (QED) is 0.577. The first kappa shape index (κ1) is 20.3. The van der Waals surface area contributed by atoms with Crippen molar-refractivity contribution in [1.82, 2.24) is 14.9 Å². The molecule has 1 saturated heterocycles.